The molecule has 3 fully saturated rings. The quantitative estimate of drug-likeness (QED) is 0.768. The number of hydrogen-bond acceptors (Lipinski definition) is 6. The summed E-state index contributed by atoms with van der Waals surface area (Å²) in [6, 6.07) is 1.77. The third-order valence-electron chi connectivity index (χ3n) is 5.66. The number of sulfonamides is 1. The van der Waals surface area contributed by atoms with Crippen molar-refractivity contribution in [1.82, 2.24) is 19.6 Å². The lowest BCUT2D eigenvalue weighted by molar-refractivity contribution is -0.122. The molecule has 0 saturated carbocycles. The number of nitrogens with zero attached hydrogens (tertiary/aromatic N) is 4. The molecule has 1 spiro atoms. The molecule has 0 unspecified atom stereocenters. The van der Waals surface area contributed by atoms with Crippen molar-refractivity contribution in [2.75, 3.05) is 37.3 Å². The van der Waals surface area contributed by atoms with Crippen molar-refractivity contribution in [2.45, 2.75) is 18.4 Å². The van der Waals surface area contributed by atoms with E-state index in [1.807, 2.05) is 0 Å². The Kier molecular flexibility index (Phi) is 3.54. The van der Waals surface area contributed by atoms with E-state index >= 15 is 0 Å². The first-order chi connectivity index (χ1) is 11.4. The van der Waals surface area contributed by atoms with Crippen molar-refractivity contribution in [3.8, 4) is 0 Å². The standard InChI is InChI=1S/C15H21N5O3S/c1-24(22,23)20-7-3-15(4-8-20)12-10-19(9-11(12)13(21)18-15)14-16-5-2-6-17-14/h2,5-6,11-12H,3-4,7-10H2,1H3,(H,18,21)/t11-,12+/m1/s1. The fourth-order valence-corrected chi connectivity index (χ4v) is 5.24. The molecular formula is C15H21N5O3S. The van der Waals surface area contributed by atoms with Crippen LogP contribution in [0, 0.1) is 11.8 Å². The molecule has 1 aromatic rings. The Morgan fingerprint density at radius 3 is 2.50 bits per heavy atom. The molecule has 1 aromatic heterocycles. The average molecular weight is 351 g/mol. The van der Waals surface area contributed by atoms with Crippen LogP contribution < -0.4 is 10.2 Å². The molecular weight excluding hydrogens is 330 g/mol. The van der Waals surface area contributed by atoms with Crippen LogP contribution in [-0.2, 0) is 14.8 Å². The molecule has 24 heavy (non-hydrogen) atoms. The molecule has 8 nitrogen and oxygen atoms in total. The third-order valence-corrected chi connectivity index (χ3v) is 6.96. The molecule has 0 bridgehead atoms. The highest BCUT2D eigenvalue weighted by Gasteiger charge is 2.57. The molecule has 3 saturated heterocycles. The van der Waals surface area contributed by atoms with E-state index in [1.165, 1.54) is 10.6 Å². The number of hydrogen-bond donors (Lipinski definition) is 1. The minimum absolute atomic E-state index is 0.0708. The maximum atomic E-state index is 12.5. The van der Waals surface area contributed by atoms with Gasteiger partial charge in [0.1, 0.15) is 0 Å². The number of carbonyl (C=O) groups excluding carboxylic acids is 1. The molecule has 0 aliphatic carbocycles. The van der Waals surface area contributed by atoms with Crippen LogP contribution in [0.15, 0.2) is 18.5 Å². The monoisotopic (exact) mass is 351 g/mol. The Balaban J connectivity index is 1.54. The number of anilines is 1. The summed E-state index contributed by atoms with van der Waals surface area (Å²) >= 11 is 0. The van der Waals surface area contributed by atoms with Gasteiger partial charge in [-0.15, -0.1) is 0 Å². The number of aromatic nitrogens is 2. The van der Waals surface area contributed by atoms with E-state index in [9.17, 15) is 13.2 Å². The largest absolute Gasteiger partial charge is 0.350 e. The molecule has 4 rings (SSSR count). The first kappa shape index (κ1) is 15.8. The molecule has 1 N–H and O–H groups in total. The molecule has 9 heteroatoms. The Bertz CT molecular complexity index is 746. The molecule has 130 valence electrons. The number of piperidine rings is 1. The van der Waals surface area contributed by atoms with Crippen molar-refractivity contribution in [3.63, 3.8) is 0 Å². The van der Waals surface area contributed by atoms with Crippen molar-refractivity contribution < 1.29 is 13.2 Å². The van der Waals surface area contributed by atoms with Crippen molar-refractivity contribution >= 4 is 21.9 Å². The predicted molar refractivity (Wildman–Crippen MR) is 87.7 cm³/mol. The maximum absolute atomic E-state index is 12.5. The highest BCUT2D eigenvalue weighted by atomic mass is 32.2. The van der Waals surface area contributed by atoms with Gasteiger partial charge in [-0.25, -0.2) is 22.7 Å². The summed E-state index contributed by atoms with van der Waals surface area (Å²) < 4.78 is 25.0. The summed E-state index contributed by atoms with van der Waals surface area (Å²) in [7, 11) is -3.17. The molecule has 4 heterocycles. The highest BCUT2D eigenvalue weighted by Crippen LogP contribution is 2.44. The number of nitrogens with one attached hydrogen (secondary N) is 1. The maximum Gasteiger partial charge on any atom is 0.225 e. The van der Waals surface area contributed by atoms with E-state index in [-0.39, 0.29) is 23.3 Å². The Morgan fingerprint density at radius 2 is 1.88 bits per heavy atom. The van der Waals surface area contributed by atoms with Gasteiger partial charge < -0.3 is 10.2 Å². The summed E-state index contributed by atoms with van der Waals surface area (Å²) in [5, 5.41) is 3.19. The first-order valence-electron chi connectivity index (χ1n) is 8.18. The van der Waals surface area contributed by atoms with Crippen molar-refractivity contribution in [1.29, 1.82) is 0 Å². The number of fused-ring (bicyclic) bond motifs is 2. The third kappa shape index (κ3) is 2.46. The summed E-state index contributed by atoms with van der Waals surface area (Å²) in [4.78, 5) is 23.1. The molecule has 0 aromatic carbocycles. The van der Waals surface area contributed by atoms with Gasteiger partial charge in [-0.3, -0.25) is 4.79 Å². The van der Waals surface area contributed by atoms with Gasteiger partial charge in [-0.05, 0) is 18.9 Å². The highest BCUT2D eigenvalue weighted by molar-refractivity contribution is 7.88. The number of amides is 1. The van der Waals surface area contributed by atoms with Gasteiger partial charge in [0, 0.05) is 50.0 Å². The molecule has 2 atom stereocenters. The average Bonchev–Trinajstić information content (AvgIpc) is 3.10. The summed E-state index contributed by atoms with van der Waals surface area (Å²) in [5.74, 6) is 0.837. The zero-order valence-electron chi connectivity index (χ0n) is 13.6. The van der Waals surface area contributed by atoms with Gasteiger partial charge in [-0.1, -0.05) is 0 Å². The van der Waals surface area contributed by atoms with Crippen LogP contribution in [0.5, 0.6) is 0 Å². The van der Waals surface area contributed by atoms with E-state index in [2.05, 4.69) is 20.2 Å². The van der Waals surface area contributed by atoms with Gasteiger partial charge in [0.2, 0.25) is 21.9 Å². The lowest BCUT2D eigenvalue weighted by Crippen LogP contribution is -2.56. The van der Waals surface area contributed by atoms with Gasteiger partial charge in [-0.2, -0.15) is 0 Å². The molecule has 3 aliphatic rings. The SMILES string of the molecule is CS(=O)(=O)N1CCC2(CC1)NC(=O)[C@@H]1CN(c3ncccn3)C[C@@H]12. The lowest BCUT2D eigenvalue weighted by atomic mass is 9.76. The van der Waals surface area contributed by atoms with Gasteiger partial charge in [0.15, 0.2) is 0 Å². The van der Waals surface area contributed by atoms with Crippen molar-refractivity contribution in [2.24, 2.45) is 11.8 Å². The first-order valence-corrected chi connectivity index (χ1v) is 10.0. The zero-order chi connectivity index (χ0) is 16.9. The van der Waals surface area contributed by atoms with Crippen molar-refractivity contribution in [3.05, 3.63) is 18.5 Å². The molecule has 0 radical (unpaired) electrons. The minimum atomic E-state index is -3.17. The second-order valence-electron chi connectivity index (χ2n) is 6.97. The Labute approximate surface area is 141 Å². The van der Waals surface area contributed by atoms with E-state index in [1.54, 1.807) is 18.5 Å². The second kappa shape index (κ2) is 5.38. The Hall–Kier alpha value is -1.74. The van der Waals surface area contributed by atoms with Gasteiger partial charge in [0.05, 0.1) is 12.2 Å². The predicted octanol–water partition coefficient (Wildman–Crippen LogP) is -0.547. The molecule has 1 amide bonds. The minimum Gasteiger partial charge on any atom is -0.350 e. The van der Waals surface area contributed by atoms with Crippen LogP contribution in [-0.4, -0.2) is 66.6 Å². The van der Waals surface area contributed by atoms with Gasteiger partial charge >= 0.3 is 0 Å². The van der Waals surface area contributed by atoms with Crippen LogP contribution in [0.2, 0.25) is 0 Å². The van der Waals surface area contributed by atoms with E-state index < -0.39 is 10.0 Å². The van der Waals surface area contributed by atoms with Crippen LogP contribution in [0.25, 0.3) is 0 Å². The zero-order valence-corrected chi connectivity index (χ0v) is 14.4. The normalized spacial score (nSPS) is 29.7. The van der Waals surface area contributed by atoms with Crippen LogP contribution in [0.4, 0.5) is 5.95 Å². The summed E-state index contributed by atoms with van der Waals surface area (Å²) in [6.07, 6.45) is 5.98. The Morgan fingerprint density at radius 1 is 1.21 bits per heavy atom. The summed E-state index contributed by atoms with van der Waals surface area (Å²) in [5.41, 5.74) is -0.299. The van der Waals surface area contributed by atoms with Crippen LogP contribution >= 0.6 is 0 Å². The molecule has 3 aliphatic heterocycles. The van der Waals surface area contributed by atoms with E-state index in [0.717, 1.165) is 6.54 Å². The van der Waals surface area contributed by atoms with Crippen LogP contribution in [0.3, 0.4) is 0 Å². The van der Waals surface area contributed by atoms with E-state index in [0.29, 0.717) is 38.4 Å². The topological polar surface area (TPSA) is 95.5 Å². The number of carbonyl (C=O) groups is 1. The van der Waals surface area contributed by atoms with Gasteiger partial charge in [0.25, 0.3) is 0 Å². The fourth-order valence-electron chi connectivity index (χ4n) is 4.39. The second-order valence-corrected chi connectivity index (χ2v) is 8.96. The smallest absolute Gasteiger partial charge is 0.225 e. The van der Waals surface area contributed by atoms with Crippen LogP contribution in [0.1, 0.15) is 12.8 Å². The summed E-state index contributed by atoms with van der Waals surface area (Å²) in [6.45, 7) is 2.28. The number of rotatable bonds is 2. The van der Waals surface area contributed by atoms with E-state index in [4.69, 9.17) is 0 Å². The lowest BCUT2D eigenvalue weighted by Gasteiger charge is -2.41. The fraction of sp³-hybridized carbons (Fsp3) is 0.667.